The van der Waals surface area contributed by atoms with Crippen LogP contribution in [0.3, 0.4) is 0 Å². The van der Waals surface area contributed by atoms with Crippen LogP contribution in [-0.4, -0.2) is 44.9 Å². The van der Waals surface area contributed by atoms with Crippen molar-refractivity contribution in [1.29, 1.82) is 0 Å². The summed E-state index contributed by atoms with van der Waals surface area (Å²) in [6.45, 7) is 1.99. The van der Waals surface area contributed by atoms with Crippen molar-refractivity contribution in [3.63, 3.8) is 0 Å². The molecule has 2 N–H and O–H groups in total. The van der Waals surface area contributed by atoms with E-state index in [1.165, 1.54) is 0 Å². The first kappa shape index (κ1) is 15.0. The first-order valence-electron chi connectivity index (χ1n) is 5.97. The number of aliphatic hydroxyl groups is 1. The summed E-state index contributed by atoms with van der Waals surface area (Å²) in [5.74, 6) is 0.0128. The number of aromatic nitrogens is 2. The van der Waals surface area contributed by atoms with Crippen molar-refractivity contribution in [2.75, 3.05) is 12.9 Å². The van der Waals surface area contributed by atoms with Gasteiger partial charge in [-0.25, -0.2) is 0 Å². The second kappa shape index (κ2) is 7.43. The fourth-order valence-electron chi connectivity index (χ4n) is 1.71. The van der Waals surface area contributed by atoms with E-state index in [2.05, 4.69) is 10.4 Å². The lowest BCUT2D eigenvalue weighted by atomic mass is 10.1. The Balaban J connectivity index is 2.33. The molecule has 0 aliphatic carbocycles. The fourth-order valence-corrected chi connectivity index (χ4v) is 2.34. The number of carbonyl (C=O) groups excluding carboxylic acids is 1. The van der Waals surface area contributed by atoms with Crippen molar-refractivity contribution in [1.82, 2.24) is 15.1 Å². The lowest BCUT2D eigenvalue weighted by Gasteiger charge is -2.21. The van der Waals surface area contributed by atoms with Gasteiger partial charge in [0.2, 0.25) is 5.91 Å². The second-order valence-corrected chi connectivity index (χ2v) is 5.41. The quantitative estimate of drug-likeness (QED) is 0.761. The molecule has 6 heteroatoms. The SMILES string of the molecule is CSC(CO)C(C)NC(=O)CCc1cnn(C)c1. The standard InChI is InChI=1S/C12H21N3O2S/c1-9(11(8-16)18-3)14-12(17)5-4-10-6-13-15(2)7-10/h6-7,9,11,16H,4-5,8H2,1-3H3,(H,14,17). The number of amides is 1. The molecule has 0 bridgehead atoms. The Morgan fingerprint density at radius 1 is 1.67 bits per heavy atom. The molecule has 1 heterocycles. The van der Waals surface area contributed by atoms with Gasteiger partial charge in [0, 0.05) is 31.0 Å². The molecule has 1 rings (SSSR count). The summed E-state index contributed by atoms with van der Waals surface area (Å²) in [5.41, 5.74) is 1.06. The summed E-state index contributed by atoms with van der Waals surface area (Å²) < 4.78 is 1.73. The van der Waals surface area contributed by atoms with E-state index in [0.29, 0.717) is 12.8 Å². The summed E-state index contributed by atoms with van der Waals surface area (Å²) in [5, 5.41) is 16.2. The van der Waals surface area contributed by atoms with E-state index in [4.69, 9.17) is 5.11 Å². The van der Waals surface area contributed by atoms with Crippen LogP contribution in [-0.2, 0) is 18.3 Å². The molecule has 0 aromatic carbocycles. The zero-order valence-corrected chi connectivity index (χ0v) is 11.9. The largest absolute Gasteiger partial charge is 0.395 e. The van der Waals surface area contributed by atoms with Crippen LogP contribution in [0.4, 0.5) is 0 Å². The molecule has 0 spiro atoms. The maximum atomic E-state index is 11.7. The van der Waals surface area contributed by atoms with Gasteiger partial charge in [0.25, 0.3) is 0 Å². The van der Waals surface area contributed by atoms with Crippen molar-refractivity contribution in [3.8, 4) is 0 Å². The number of aliphatic hydroxyl groups excluding tert-OH is 1. The maximum Gasteiger partial charge on any atom is 0.220 e. The number of hydrogen-bond acceptors (Lipinski definition) is 4. The average Bonchev–Trinajstić information content (AvgIpc) is 2.74. The number of nitrogens with zero attached hydrogens (tertiary/aromatic N) is 2. The van der Waals surface area contributed by atoms with E-state index >= 15 is 0 Å². The Kier molecular flexibility index (Phi) is 6.21. The van der Waals surface area contributed by atoms with Crippen molar-refractivity contribution in [3.05, 3.63) is 18.0 Å². The summed E-state index contributed by atoms with van der Waals surface area (Å²) >= 11 is 1.56. The van der Waals surface area contributed by atoms with E-state index in [0.717, 1.165) is 5.56 Å². The number of aryl methyl sites for hydroxylation is 2. The van der Waals surface area contributed by atoms with Crippen LogP contribution < -0.4 is 5.32 Å². The summed E-state index contributed by atoms with van der Waals surface area (Å²) in [7, 11) is 1.86. The molecule has 18 heavy (non-hydrogen) atoms. The van der Waals surface area contributed by atoms with E-state index in [1.54, 1.807) is 22.6 Å². The first-order chi connectivity index (χ1) is 8.56. The normalized spacial score (nSPS) is 14.2. The van der Waals surface area contributed by atoms with E-state index in [-0.39, 0.29) is 23.8 Å². The van der Waals surface area contributed by atoms with Crippen molar-refractivity contribution in [2.24, 2.45) is 7.05 Å². The fraction of sp³-hybridized carbons (Fsp3) is 0.667. The highest BCUT2D eigenvalue weighted by molar-refractivity contribution is 7.99. The predicted molar refractivity (Wildman–Crippen MR) is 73.5 cm³/mol. The van der Waals surface area contributed by atoms with Crippen LogP contribution >= 0.6 is 11.8 Å². The molecule has 0 fully saturated rings. The van der Waals surface area contributed by atoms with Gasteiger partial charge in [-0.05, 0) is 25.2 Å². The minimum absolute atomic E-state index is 0.0128. The smallest absolute Gasteiger partial charge is 0.220 e. The van der Waals surface area contributed by atoms with Gasteiger partial charge >= 0.3 is 0 Å². The first-order valence-corrected chi connectivity index (χ1v) is 7.26. The van der Waals surface area contributed by atoms with E-state index in [9.17, 15) is 4.79 Å². The number of rotatable bonds is 7. The zero-order chi connectivity index (χ0) is 13.5. The number of thioether (sulfide) groups is 1. The molecule has 2 atom stereocenters. The van der Waals surface area contributed by atoms with Crippen molar-refractivity contribution in [2.45, 2.75) is 31.1 Å². The molecule has 1 aromatic rings. The molecule has 0 aliphatic heterocycles. The van der Waals surface area contributed by atoms with Gasteiger partial charge in [-0.2, -0.15) is 16.9 Å². The Morgan fingerprint density at radius 3 is 2.89 bits per heavy atom. The van der Waals surface area contributed by atoms with Crippen LogP contribution in [0.2, 0.25) is 0 Å². The maximum absolute atomic E-state index is 11.7. The van der Waals surface area contributed by atoms with Crippen molar-refractivity contribution >= 4 is 17.7 Å². The van der Waals surface area contributed by atoms with Crippen LogP contribution in [0.5, 0.6) is 0 Å². The Morgan fingerprint density at radius 2 is 2.39 bits per heavy atom. The highest BCUT2D eigenvalue weighted by atomic mass is 32.2. The minimum atomic E-state index is -0.0219. The molecule has 0 saturated carbocycles. The molecular formula is C12H21N3O2S. The van der Waals surface area contributed by atoms with Crippen LogP contribution in [0.25, 0.3) is 0 Å². The van der Waals surface area contributed by atoms with Gasteiger partial charge in [-0.3, -0.25) is 9.48 Å². The predicted octanol–water partition coefficient (Wildman–Crippen LogP) is 0.581. The Labute approximate surface area is 112 Å². The van der Waals surface area contributed by atoms with E-state index < -0.39 is 0 Å². The zero-order valence-electron chi connectivity index (χ0n) is 11.1. The molecular weight excluding hydrogens is 250 g/mol. The van der Waals surface area contributed by atoms with Crippen LogP contribution in [0.15, 0.2) is 12.4 Å². The summed E-state index contributed by atoms with van der Waals surface area (Å²) in [4.78, 5) is 11.7. The lowest BCUT2D eigenvalue weighted by Crippen LogP contribution is -2.41. The Hall–Kier alpha value is -1.01. The number of carbonyl (C=O) groups is 1. The van der Waals surface area contributed by atoms with Gasteiger partial charge in [0.05, 0.1) is 12.8 Å². The third-order valence-corrected chi connectivity index (χ3v) is 3.99. The summed E-state index contributed by atoms with van der Waals surface area (Å²) in [6, 6.07) is -0.0219. The van der Waals surface area contributed by atoms with Crippen LogP contribution in [0, 0.1) is 0 Å². The third-order valence-electron chi connectivity index (χ3n) is 2.83. The monoisotopic (exact) mass is 271 g/mol. The van der Waals surface area contributed by atoms with Gasteiger partial charge in [-0.1, -0.05) is 0 Å². The number of hydrogen-bond donors (Lipinski definition) is 2. The minimum Gasteiger partial charge on any atom is -0.395 e. The molecule has 1 aromatic heterocycles. The van der Waals surface area contributed by atoms with Gasteiger partial charge < -0.3 is 10.4 Å². The van der Waals surface area contributed by atoms with E-state index in [1.807, 2.05) is 26.4 Å². The number of nitrogens with one attached hydrogen (secondary N) is 1. The average molecular weight is 271 g/mol. The third kappa shape index (κ3) is 4.70. The Bertz CT molecular complexity index is 377. The molecule has 102 valence electrons. The topological polar surface area (TPSA) is 67.2 Å². The second-order valence-electron chi connectivity index (χ2n) is 4.34. The molecule has 5 nitrogen and oxygen atoms in total. The van der Waals surface area contributed by atoms with Crippen LogP contribution in [0.1, 0.15) is 18.9 Å². The molecule has 0 aliphatic rings. The molecule has 2 unspecified atom stereocenters. The van der Waals surface area contributed by atoms with Gasteiger partial charge in [-0.15, -0.1) is 0 Å². The van der Waals surface area contributed by atoms with Crippen molar-refractivity contribution < 1.29 is 9.90 Å². The summed E-state index contributed by atoms with van der Waals surface area (Å²) in [6.07, 6.45) is 6.75. The highest BCUT2D eigenvalue weighted by Gasteiger charge is 2.17. The molecule has 1 amide bonds. The molecule has 0 saturated heterocycles. The molecule has 0 radical (unpaired) electrons. The van der Waals surface area contributed by atoms with Gasteiger partial charge in [0.15, 0.2) is 0 Å². The highest BCUT2D eigenvalue weighted by Crippen LogP contribution is 2.10. The van der Waals surface area contributed by atoms with Gasteiger partial charge in [0.1, 0.15) is 0 Å². The lowest BCUT2D eigenvalue weighted by molar-refractivity contribution is -0.121.